The van der Waals surface area contributed by atoms with Crippen LogP contribution in [-0.2, 0) is 19.1 Å². The summed E-state index contributed by atoms with van der Waals surface area (Å²) in [6, 6.07) is 13.0. The Morgan fingerprint density at radius 1 is 1.10 bits per heavy atom. The molecule has 0 aromatic heterocycles. The molecule has 0 saturated heterocycles. The van der Waals surface area contributed by atoms with Gasteiger partial charge in [0.1, 0.15) is 5.71 Å². The number of carbonyl (C=O) groups excluding carboxylic acids is 4. The van der Waals surface area contributed by atoms with Gasteiger partial charge in [0.05, 0.1) is 5.69 Å². The van der Waals surface area contributed by atoms with Gasteiger partial charge in [-0.3, -0.25) is 14.4 Å². The largest absolute Gasteiger partial charge is 0.451 e. The lowest BCUT2D eigenvalue weighted by molar-refractivity contribution is -0.140. The Balaban J connectivity index is 1.67. The number of hydrazone groups is 1. The maximum absolute atomic E-state index is 12.8. The summed E-state index contributed by atoms with van der Waals surface area (Å²) in [4.78, 5) is 47.9. The van der Waals surface area contributed by atoms with Crippen LogP contribution < -0.4 is 10.7 Å². The van der Waals surface area contributed by atoms with Crippen LogP contribution in [0, 0.1) is 0 Å². The molecule has 1 heterocycles. The average molecular weight is 414 g/mol. The second-order valence-electron chi connectivity index (χ2n) is 6.10. The van der Waals surface area contributed by atoms with Gasteiger partial charge in [-0.15, -0.1) is 0 Å². The highest BCUT2D eigenvalue weighted by Crippen LogP contribution is 2.23. The van der Waals surface area contributed by atoms with E-state index >= 15 is 0 Å². The predicted octanol–water partition coefficient (Wildman–Crippen LogP) is 2.32. The molecule has 1 aliphatic heterocycles. The molecule has 0 unspecified atom stereocenters. The summed E-state index contributed by atoms with van der Waals surface area (Å²) in [5.74, 6) is -2.04. The average Bonchev–Trinajstić information content (AvgIpc) is 2.74. The normalized spacial score (nSPS) is 13.1. The lowest BCUT2D eigenvalue weighted by Crippen LogP contribution is -2.32. The van der Waals surface area contributed by atoms with Crippen LogP contribution in [0.3, 0.4) is 0 Å². The first-order chi connectivity index (χ1) is 13.9. The van der Waals surface area contributed by atoms with Gasteiger partial charge in [0.25, 0.3) is 5.91 Å². The van der Waals surface area contributed by atoms with E-state index in [1.165, 1.54) is 18.2 Å². The van der Waals surface area contributed by atoms with Gasteiger partial charge in [-0.1, -0.05) is 41.9 Å². The zero-order valence-electron chi connectivity index (χ0n) is 15.1. The number of nitrogens with zero attached hydrogens (tertiary/aromatic N) is 1. The van der Waals surface area contributed by atoms with Crippen LogP contribution in [0.4, 0.5) is 5.69 Å². The van der Waals surface area contributed by atoms with Gasteiger partial charge in [-0.25, -0.2) is 10.2 Å². The summed E-state index contributed by atoms with van der Waals surface area (Å²) < 4.78 is 4.92. The molecule has 0 radical (unpaired) electrons. The summed E-state index contributed by atoms with van der Waals surface area (Å²) in [6.45, 7) is -0.576. The minimum Gasteiger partial charge on any atom is -0.451 e. The second-order valence-corrected chi connectivity index (χ2v) is 6.54. The summed E-state index contributed by atoms with van der Waals surface area (Å²) in [6.07, 6.45) is 0.259. The lowest BCUT2D eigenvalue weighted by atomic mass is 10.0. The van der Waals surface area contributed by atoms with E-state index in [9.17, 15) is 19.2 Å². The van der Waals surface area contributed by atoms with Crippen molar-refractivity contribution in [3.8, 4) is 0 Å². The molecule has 1 aliphatic rings. The molecular weight excluding hydrogens is 398 g/mol. The molecule has 2 aromatic rings. The van der Waals surface area contributed by atoms with Crippen LogP contribution in [0.25, 0.3) is 0 Å². The Hall–Kier alpha value is -3.52. The van der Waals surface area contributed by atoms with Crippen molar-refractivity contribution in [1.82, 2.24) is 5.43 Å². The summed E-state index contributed by atoms with van der Waals surface area (Å²) in [7, 11) is 0. The molecular formula is C20H16ClN3O5. The monoisotopic (exact) mass is 413 g/mol. The minimum atomic E-state index is -0.795. The van der Waals surface area contributed by atoms with Crippen molar-refractivity contribution in [2.24, 2.45) is 5.10 Å². The van der Waals surface area contributed by atoms with Crippen molar-refractivity contribution in [2.45, 2.75) is 12.8 Å². The smallest absolute Gasteiger partial charge is 0.355 e. The number of benzene rings is 2. The van der Waals surface area contributed by atoms with Crippen LogP contribution in [0.1, 0.15) is 28.8 Å². The molecule has 0 spiro atoms. The molecule has 0 fully saturated rings. The Labute approximate surface area is 170 Å². The zero-order chi connectivity index (χ0) is 20.8. The fraction of sp³-hybridized carbons (Fsp3) is 0.150. The lowest BCUT2D eigenvalue weighted by Gasteiger charge is -2.13. The van der Waals surface area contributed by atoms with E-state index in [0.717, 1.165) is 0 Å². The fourth-order valence-electron chi connectivity index (χ4n) is 2.58. The number of nitrogens with one attached hydrogen (secondary N) is 2. The number of ketones is 1. The molecule has 29 heavy (non-hydrogen) atoms. The molecule has 2 aromatic carbocycles. The zero-order valence-corrected chi connectivity index (χ0v) is 15.9. The number of hydrogen-bond acceptors (Lipinski definition) is 6. The minimum absolute atomic E-state index is 0.0313. The highest BCUT2D eigenvalue weighted by Gasteiger charge is 2.21. The molecule has 0 saturated carbocycles. The van der Waals surface area contributed by atoms with Crippen molar-refractivity contribution in [3.05, 3.63) is 64.7 Å². The molecule has 0 atom stereocenters. The second kappa shape index (κ2) is 9.11. The van der Waals surface area contributed by atoms with Crippen molar-refractivity contribution in [2.75, 3.05) is 11.9 Å². The topological polar surface area (TPSA) is 114 Å². The number of ether oxygens (including phenoxy) is 1. The van der Waals surface area contributed by atoms with Gasteiger partial charge < -0.3 is 10.1 Å². The molecule has 2 N–H and O–H groups in total. The number of amides is 2. The molecule has 0 bridgehead atoms. The Morgan fingerprint density at radius 2 is 1.86 bits per heavy atom. The number of halogens is 1. The third-order valence-corrected chi connectivity index (χ3v) is 4.25. The number of esters is 1. The van der Waals surface area contributed by atoms with E-state index in [1.54, 1.807) is 30.3 Å². The Bertz CT molecular complexity index is 1000. The van der Waals surface area contributed by atoms with Crippen LogP contribution in [0.2, 0.25) is 5.02 Å². The van der Waals surface area contributed by atoms with Crippen molar-refractivity contribution < 1.29 is 23.9 Å². The standard InChI is InChI=1S/C20H16ClN3O5/c21-13-6-7-15(14(10-13)19(27)12-4-2-1-3-5-12)22-18(26)11-29-20(28)16-8-9-17(25)24-23-16/h1-7,10H,8-9,11H2,(H,22,26)(H,24,25). The third-order valence-electron chi connectivity index (χ3n) is 4.01. The van der Waals surface area contributed by atoms with E-state index in [4.69, 9.17) is 16.3 Å². The molecule has 9 heteroatoms. The van der Waals surface area contributed by atoms with E-state index in [2.05, 4.69) is 15.8 Å². The summed E-state index contributed by atoms with van der Waals surface area (Å²) in [5.41, 5.74) is 3.10. The van der Waals surface area contributed by atoms with Crippen LogP contribution in [-0.4, -0.2) is 35.9 Å². The molecule has 3 rings (SSSR count). The van der Waals surface area contributed by atoms with Crippen LogP contribution in [0.15, 0.2) is 53.6 Å². The van der Waals surface area contributed by atoms with Crippen LogP contribution >= 0.6 is 11.6 Å². The number of hydrogen-bond donors (Lipinski definition) is 2. The van der Waals surface area contributed by atoms with Crippen molar-refractivity contribution >= 4 is 46.6 Å². The SMILES string of the molecule is O=C1CCC(C(=O)OCC(=O)Nc2ccc(Cl)cc2C(=O)c2ccccc2)=NN1. The first-order valence-corrected chi connectivity index (χ1v) is 9.03. The summed E-state index contributed by atoms with van der Waals surface area (Å²) >= 11 is 6.01. The third kappa shape index (κ3) is 5.26. The summed E-state index contributed by atoms with van der Waals surface area (Å²) in [5, 5.41) is 6.49. The highest BCUT2D eigenvalue weighted by molar-refractivity contribution is 6.37. The van der Waals surface area contributed by atoms with E-state index in [-0.39, 0.29) is 41.5 Å². The maximum Gasteiger partial charge on any atom is 0.355 e. The quantitative estimate of drug-likeness (QED) is 0.557. The molecule has 148 valence electrons. The molecule has 0 aliphatic carbocycles. The number of carbonyl (C=O) groups is 4. The van der Waals surface area contributed by atoms with Gasteiger partial charge in [0.15, 0.2) is 12.4 Å². The van der Waals surface area contributed by atoms with Gasteiger partial charge in [0.2, 0.25) is 5.91 Å². The Kier molecular flexibility index (Phi) is 6.36. The van der Waals surface area contributed by atoms with E-state index < -0.39 is 18.5 Å². The van der Waals surface area contributed by atoms with Gasteiger partial charge in [0, 0.05) is 29.0 Å². The first-order valence-electron chi connectivity index (χ1n) is 8.65. The van der Waals surface area contributed by atoms with Gasteiger partial charge in [-0.2, -0.15) is 5.10 Å². The predicted molar refractivity (Wildman–Crippen MR) is 106 cm³/mol. The first kappa shape index (κ1) is 20.2. The fourth-order valence-corrected chi connectivity index (χ4v) is 2.75. The van der Waals surface area contributed by atoms with Gasteiger partial charge in [-0.05, 0) is 18.2 Å². The van der Waals surface area contributed by atoms with Crippen LogP contribution in [0.5, 0.6) is 0 Å². The van der Waals surface area contributed by atoms with Gasteiger partial charge >= 0.3 is 5.97 Å². The number of rotatable bonds is 6. The molecule has 2 amide bonds. The Morgan fingerprint density at radius 3 is 2.55 bits per heavy atom. The highest BCUT2D eigenvalue weighted by atomic mass is 35.5. The maximum atomic E-state index is 12.8. The number of anilines is 1. The van der Waals surface area contributed by atoms with Crippen molar-refractivity contribution in [1.29, 1.82) is 0 Å². The van der Waals surface area contributed by atoms with Crippen molar-refractivity contribution in [3.63, 3.8) is 0 Å². The van der Waals surface area contributed by atoms with E-state index in [0.29, 0.717) is 10.6 Å². The molecule has 8 nitrogen and oxygen atoms in total. The van der Waals surface area contributed by atoms with E-state index in [1.807, 2.05) is 0 Å².